The molecule has 19 amide bonds. The Morgan fingerprint density at radius 1 is 0.545 bits per heavy atom. The Morgan fingerprint density at radius 2 is 1.09 bits per heavy atom. The third kappa shape index (κ3) is 38.7. The van der Waals surface area contributed by atoms with Gasteiger partial charge in [-0.3, -0.25) is 101 Å². The van der Waals surface area contributed by atoms with E-state index >= 15 is 33.6 Å². The molecule has 800 valence electrons. The van der Waals surface area contributed by atoms with Crippen molar-refractivity contribution in [3.8, 4) is 0 Å². The van der Waals surface area contributed by atoms with E-state index in [9.17, 15) is 77.6 Å². The zero-order valence-electron chi connectivity index (χ0n) is 83.3. The summed E-state index contributed by atoms with van der Waals surface area (Å²) in [4.78, 5) is 295. The number of carbonyl (C=O) groups excluding carboxylic acids is 19. The largest absolute Gasteiger partial charge is 0.481 e. The number of nitrogens with two attached hydrogens (primary N) is 4. The van der Waals surface area contributed by atoms with Crippen LogP contribution in [0.25, 0.3) is 0 Å². The molecule has 0 saturated carbocycles. The zero-order chi connectivity index (χ0) is 106. The molecule has 5 heterocycles. The van der Waals surface area contributed by atoms with Crippen molar-refractivity contribution >= 4 is 158 Å². The van der Waals surface area contributed by atoms with Gasteiger partial charge < -0.3 is 138 Å². The molecule has 1 aromatic rings. The molecule has 6 rings (SSSR count). The number of aliphatic carboxylic acids is 1. The zero-order valence-corrected chi connectivity index (χ0v) is 85.7. The summed E-state index contributed by atoms with van der Waals surface area (Å²) in [5.74, 6) is -19.4. The number of carbonyl (C=O) groups is 20. The Bertz CT molecular complexity index is 4510. The lowest BCUT2D eigenvalue weighted by Gasteiger charge is -2.33. The van der Waals surface area contributed by atoms with Crippen LogP contribution >= 0.6 is 33.3 Å². The van der Waals surface area contributed by atoms with Crippen LogP contribution in [0.15, 0.2) is 30.3 Å². The number of nitrogens with zero attached hydrogens (tertiary/aromatic N) is 4. The maximum Gasteiger partial charge on any atom is 0.303 e. The first kappa shape index (κ1) is 120. The van der Waals surface area contributed by atoms with Gasteiger partial charge in [-0.2, -0.15) is 11.8 Å². The molecule has 0 aliphatic carbocycles. The number of carboxylic acid groups (broad SMARTS) is 1. The van der Waals surface area contributed by atoms with E-state index in [0.29, 0.717) is 50.5 Å². The van der Waals surface area contributed by atoms with Crippen molar-refractivity contribution in [2.24, 2.45) is 34.8 Å². The predicted molar refractivity (Wildman–Crippen MR) is 534 cm³/mol. The topological polar surface area (TPSA) is 723 Å². The Balaban J connectivity index is 1.49. The molecule has 0 spiro atoms. The lowest BCUT2D eigenvalue weighted by atomic mass is 10.0. The number of guanidine groups is 1. The van der Waals surface area contributed by atoms with Crippen LogP contribution < -0.4 is 103 Å². The van der Waals surface area contributed by atoms with Crippen LogP contribution in [0.4, 0.5) is 0 Å². The summed E-state index contributed by atoms with van der Waals surface area (Å²) in [7, 11) is 1.92. The number of benzene rings is 1. The summed E-state index contributed by atoms with van der Waals surface area (Å²) in [6, 6.07) is -17.8. The van der Waals surface area contributed by atoms with Crippen molar-refractivity contribution in [2.45, 2.75) is 331 Å². The number of unbranched alkanes of at least 4 members (excludes halogenated alkanes) is 3. The first-order valence-electron chi connectivity index (χ1n) is 49.5. The molecule has 1 aromatic carbocycles. The van der Waals surface area contributed by atoms with E-state index in [1.165, 1.54) is 45.2 Å². The van der Waals surface area contributed by atoms with E-state index < -0.39 is 270 Å². The quantitative estimate of drug-likeness (QED) is 0.0127. The maximum atomic E-state index is 15.6. The van der Waals surface area contributed by atoms with Crippen molar-refractivity contribution in [1.29, 1.82) is 5.41 Å². The van der Waals surface area contributed by atoms with E-state index in [1.54, 1.807) is 64.3 Å². The monoisotopic (exact) mass is 2070 g/mol. The van der Waals surface area contributed by atoms with Crippen LogP contribution in [0.2, 0.25) is 0 Å². The summed E-state index contributed by atoms with van der Waals surface area (Å²) in [5, 5.41) is 78.8. The van der Waals surface area contributed by atoms with E-state index in [4.69, 9.17) is 28.3 Å². The molecule has 0 radical (unpaired) electrons. The molecule has 5 saturated heterocycles. The number of amides is 19. The molecule has 0 bridgehead atoms. The maximum absolute atomic E-state index is 15.6. The minimum Gasteiger partial charge on any atom is -0.481 e. The van der Waals surface area contributed by atoms with Crippen LogP contribution in [0, 0.1) is 17.2 Å². The molecular formula is C93H152N24O23S3. The van der Waals surface area contributed by atoms with E-state index in [0.717, 1.165) is 28.5 Å². The fourth-order valence-corrected chi connectivity index (χ4v) is 20.2. The van der Waals surface area contributed by atoms with Crippen LogP contribution in [0.1, 0.15) is 215 Å². The van der Waals surface area contributed by atoms with Gasteiger partial charge in [0.1, 0.15) is 109 Å². The van der Waals surface area contributed by atoms with E-state index in [-0.39, 0.29) is 166 Å². The third-order valence-corrected chi connectivity index (χ3v) is 28.4. The summed E-state index contributed by atoms with van der Waals surface area (Å²) in [5.41, 5.74) is 23.6. The molecule has 47 nitrogen and oxygen atoms in total. The second-order valence-electron chi connectivity index (χ2n) is 37.5. The van der Waals surface area contributed by atoms with Crippen LogP contribution in [0.3, 0.4) is 0 Å². The summed E-state index contributed by atoms with van der Waals surface area (Å²) < 4.78 is 0. The molecule has 50 heteroatoms. The average molecular weight is 2070 g/mol. The molecule has 5 aliphatic rings. The van der Waals surface area contributed by atoms with Crippen molar-refractivity contribution in [2.75, 3.05) is 75.9 Å². The second-order valence-corrected chi connectivity index (χ2v) is 41.1. The summed E-state index contributed by atoms with van der Waals surface area (Å²) in [6.07, 6.45) is 2.11. The van der Waals surface area contributed by atoms with Gasteiger partial charge in [0.05, 0.1) is 12.7 Å². The van der Waals surface area contributed by atoms with E-state index in [1.807, 2.05) is 6.92 Å². The number of fused-ring (bicyclic) bond motifs is 1. The van der Waals surface area contributed by atoms with E-state index in [2.05, 4.69) is 79.8 Å². The van der Waals surface area contributed by atoms with Crippen molar-refractivity contribution in [3.05, 3.63) is 35.9 Å². The highest BCUT2D eigenvalue weighted by Gasteiger charge is 2.48. The van der Waals surface area contributed by atoms with Gasteiger partial charge in [-0.15, -0.1) is 0 Å². The van der Waals surface area contributed by atoms with Gasteiger partial charge >= 0.3 is 5.97 Å². The fourth-order valence-electron chi connectivity index (χ4n) is 17.5. The number of rotatable bonds is 43. The van der Waals surface area contributed by atoms with Gasteiger partial charge in [0.25, 0.3) is 0 Å². The van der Waals surface area contributed by atoms with Gasteiger partial charge in [0.15, 0.2) is 5.96 Å². The number of nitrogens with one attached hydrogen (secondary N) is 16. The molecule has 143 heavy (non-hydrogen) atoms. The summed E-state index contributed by atoms with van der Waals surface area (Å²) >= 11 is 1.30. The molecular weight excluding hydrogens is 1920 g/mol. The smallest absolute Gasteiger partial charge is 0.303 e. The highest BCUT2D eigenvalue weighted by atomic mass is 33.1. The third-order valence-electron chi connectivity index (χ3n) is 25.4. The molecule has 0 aromatic heterocycles. The Kier molecular flexibility index (Phi) is 52.1. The van der Waals surface area contributed by atoms with Crippen LogP contribution in [-0.2, 0) is 102 Å². The number of likely N-dealkylation sites (tertiary alicyclic amines) is 3. The van der Waals surface area contributed by atoms with Gasteiger partial charge in [-0.1, -0.05) is 99.4 Å². The highest BCUT2D eigenvalue weighted by Crippen LogP contribution is 2.30. The SMILES string of the molecule is CCCCC1NC(=O)[C@H](CCCCN)NC(=O)[C@H](CCCNC(=N)N)NC(=O)[C@H](CC(C)C)NC(=O)[C@@H](NC(=O)[C@H](CCSC)NC(=O)[C@@H]2CCCN2C(=O)C(NC(=O)[C@@H](NC(C)=O)[C@@H](C)O)C(C)C)CCSSC[C@@H](C(=O)N[C@@H](CCCCN)C(=O)N2CCC[C@H]2C(=O)N2CCC[C@H]2C(=O)N[C@@H](CCC(=O)O)C(N)=O)NC(=O)[C@H](Cc2ccccc2)NC(=O)[C@H](CO)NC(=O)C(C)NC(=O)[C@@H]2CCCN2C1=O. The van der Waals surface area contributed by atoms with Crippen molar-refractivity contribution in [3.63, 3.8) is 0 Å². The Labute approximate surface area is 846 Å². The molecule has 5 fully saturated rings. The number of primary amides is 1. The number of aliphatic hydroxyl groups is 2. The average Bonchev–Trinajstić information content (AvgIpc) is 1.66. The second kappa shape index (κ2) is 61.8. The number of hydrogen-bond donors (Lipinski definition) is 23. The van der Waals surface area contributed by atoms with Gasteiger partial charge in [-0.25, -0.2) is 0 Å². The predicted octanol–water partition coefficient (Wildman–Crippen LogP) is -4.30. The number of thioether (sulfide) groups is 1. The number of carboxylic acids is 1. The first-order valence-corrected chi connectivity index (χ1v) is 53.4. The first-order chi connectivity index (χ1) is 68.0. The fraction of sp³-hybridized carbons (Fsp3) is 0.710. The molecule has 19 atom stereocenters. The highest BCUT2D eigenvalue weighted by molar-refractivity contribution is 8.76. The minimum absolute atomic E-state index is 0.00369. The number of aliphatic hydroxyl groups excluding tert-OH is 2. The Morgan fingerprint density at radius 3 is 1.68 bits per heavy atom. The molecule has 3 unspecified atom stereocenters. The van der Waals surface area contributed by atoms with Crippen molar-refractivity contribution < 1.29 is 111 Å². The molecule has 27 N–H and O–H groups in total. The number of hydrogen-bond acceptors (Lipinski definition) is 28. The lowest BCUT2D eigenvalue weighted by Crippen LogP contribution is -2.61. The van der Waals surface area contributed by atoms with Gasteiger partial charge in [-0.05, 0) is 191 Å². The van der Waals surface area contributed by atoms with Gasteiger partial charge in [0, 0.05) is 64.0 Å². The van der Waals surface area contributed by atoms with Gasteiger partial charge in [0.2, 0.25) is 112 Å². The standard InChI is InChI=1S/C93H152N24O23S3/c1-10-11-26-62-89(137)114-41-20-30-68(114)85(133)100-53(6)76(124)111-66(49-118)83(131)110-65(48-56-24-13-12-14-25-56)82(130)112-67(84(132)108-63(28-16-18-39-95)90(138)117-44-23-33-71(117)91(139)115-42-21-31-69(115)86(134)102-57(75(96)123)34-35-72(121)122)50-143-142-46-37-61(80(128)109-64(47-51(2)3)81(129)104-59(29-19-40-99-93(97)98)77(125)103-58(78(126)107-62)27-15-17-38-94)105-79(127)60(36-45-141-9)106-87(135)70-32-22-43-116(70)92(140)73(52(4)5)113-88(136)74(54(7)119)101-55(8)120/h12-14,24-25,51-54,57-71,73-74,118-119H,10-11,15-23,26-50,94-95H2,1-9H3,(H2,96,123)(H,100,133)(H,101,120)(H,102,134)(H,103,125)(H,104,129)(H,105,127)(H,106,135)(H,107,126)(H,108,132)(H,109,128)(H,110,131)(H,111,124)(H,112,130)(H,113,136)(H,121,122)(H4,97,98,99)/t53?,54-,57+,58+,59+,60+,61+,62?,63+,64+,65+,66+,67+,68+,69+,70+,71+,73?,74+/m1/s1. The van der Waals surface area contributed by atoms with Crippen LogP contribution in [0.5, 0.6) is 0 Å². The Hall–Kier alpha value is -11.2. The minimum atomic E-state index is -1.84. The van der Waals surface area contributed by atoms with Crippen molar-refractivity contribution in [1.82, 2.24) is 99.4 Å². The summed E-state index contributed by atoms with van der Waals surface area (Å²) in [6.45, 7) is 11.6. The van der Waals surface area contributed by atoms with Crippen LogP contribution in [-0.4, -0.2) is 350 Å². The lowest BCUT2D eigenvalue weighted by molar-refractivity contribution is -0.148. The molecule has 5 aliphatic heterocycles. The normalized spacial score (nSPS) is 24.2.